The van der Waals surface area contributed by atoms with Crippen molar-refractivity contribution in [2.24, 2.45) is 5.73 Å². The summed E-state index contributed by atoms with van der Waals surface area (Å²) >= 11 is 1.35. The molecule has 2 heterocycles. The smallest absolute Gasteiger partial charge is 0.268 e. The van der Waals surface area contributed by atoms with Gasteiger partial charge in [-0.25, -0.2) is 4.98 Å². The molecule has 0 aliphatic carbocycles. The van der Waals surface area contributed by atoms with Crippen LogP contribution in [-0.4, -0.2) is 17.4 Å². The number of rotatable bonds is 2. The predicted octanol–water partition coefficient (Wildman–Crippen LogP) is 2.01. The van der Waals surface area contributed by atoms with Gasteiger partial charge in [0, 0.05) is 11.8 Å². The van der Waals surface area contributed by atoms with Gasteiger partial charge in [0.15, 0.2) is 0 Å². The number of nitrogens with two attached hydrogens (primary N) is 1. The Morgan fingerprint density at radius 3 is 3.11 bits per heavy atom. The first-order chi connectivity index (χ1) is 9.20. The van der Waals surface area contributed by atoms with E-state index in [-0.39, 0.29) is 12.5 Å². The maximum absolute atomic E-state index is 12.1. The van der Waals surface area contributed by atoms with Crippen molar-refractivity contribution >= 4 is 23.1 Å². The van der Waals surface area contributed by atoms with Gasteiger partial charge in [0.05, 0.1) is 6.54 Å². The minimum atomic E-state index is -0.200. The van der Waals surface area contributed by atoms with Crippen LogP contribution in [0.3, 0.4) is 0 Å². The Morgan fingerprint density at radius 2 is 2.37 bits per heavy atom. The molecule has 4 nitrogen and oxygen atoms in total. The second-order valence-corrected chi connectivity index (χ2v) is 4.76. The molecule has 0 fully saturated rings. The van der Waals surface area contributed by atoms with E-state index in [0.717, 1.165) is 5.56 Å². The van der Waals surface area contributed by atoms with Crippen LogP contribution in [0.4, 0.5) is 5.82 Å². The number of hydrogen-bond acceptors (Lipinski definition) is 4. The van der Waals surface area contributed by atoms with Crippen LogP contribution < -0.4 is 11.1 Å². The molecule has 0 saturated carbocycles. The van der Waals surface area contributed by atoms with Gasteiger partial charge >= 0.3 is 0 Å². The SMILES string of the molecule is Cc1ccnc(NC(=O)c2sccc2C#CCN)c1. The summed E-state index contributed by atoms with van der Waals surface area (Å²) in [6, 6.07) is 5.50. The summed E-state index contributed by atoms with van der Waals surface area (Å²) in [5, 5.41) is 4.60. The molecule has 0 radical (unpaired) electrons. The summed E-state index contributed by atoms with van der Waals surface area (Å²) in [7, 11) is 0. The standard InChI is InChI=1S/C14H13N3OS/c1-10-4-7-16-12(9-10)17-14(18)13-11(3-2-6-15)5-8-19-13/h4-5,7-9H,6,15H2,1H3,(H,16,17,18). The number of aryl methyl sites for hydroxylation is 1. The number of hydrogen-bond donors (Lipinski definition) is 2. The van der Waals surface area contributed by atoms with Gasteiger partial charge in [-0.05, 0) is 36.1 Å². The lowest BCUT2D eigenvalue weighted by molar-refractivity contribution is 0.103. The second-order valence-electron chi connectivity index (χ2n) is 3.84. The van der Waals surface area contributed by atoms with E-state index in [9.17, 15) is 4.79 Å². The number of amides is 1. The monoisotopic (exact) mass is 271 g/mol. The number of pyridine rings is 1. The van der Waals surface area contributed by atoms with Crippen LogP contribution in [-0.2, 0) is 0 Å². The number of carbonyl (C=O) groups is 1. The minimum Gasteiger partial charge on any atom is -0.320 e. The van der Waals surface area contributed by atoms with Crippen LogP contribution in [0, 0.1) is 18.8 Å². The van der Waals surface area contributed by atoms with Gasteiger partial charge in [-0.15, -0.1) is 11.3 Å². The maximum atomic E-state index is 12.1. The van der Waals surface area contributed by atoms with E-state index in [1.165, 1.54) is 11.3 Å². The molecule has 96 valence electrons. The topological polar surface area (TPSA) is 68.0 Å². The first-order valence-electron chi connectivity index (χ1n) is 5.71. The van der Waals surface area contributed by atoms with Crippen molar-refractivity contribution in [1.82, 2.24) is 4.98 Å². The number of anilines is 1. The van der Waals surface area contributed by atoms with E-state index < -0.39 is 0 Å². The summed E-state index contributed by atoms with van der Waals surface area (Å²) in [5.74, 6) is 5.97. The molecule has 0 aliphatic heterocycles. The summed E-state index contributed by atoms with van der Waals surface area (Å²) < 4.78 is 0. The van der Waals surface area contributed by atoms with Gasteiger partial charge in [-0.2, -0.15) is 0 Å². The Hall–Kier alpha value is -2.16. The zero-order valence-corrected chi connectivity index (χ0v) is 11.3. The molecule has 3 N–H and O–H groups in total. The summed E-state index contributed by atoms with van der Waals surface area (Å²) in [5.41, 5.74) is 7.07. The lowest BCUT2D eigenvalue weighted by atomic mass is 10.2. The highest BCUT2D eigenvalue weighted by Gasteiger charge is 2.12. The van der Waals surface area contributed by atoms with Gasteiger partial charge in [0.2, 0.25) is 0 Å². The zero-order chi connectivity index (χ0) is 13.7. The highest BCUT2D eigenvalue weighted by atomic mass is 32.1. The van der Waals surface area contributed by atoms with Crippen LogP contribution in [0.25, 0.3) is 0 Å². The van der Waals surface area contributed by atoms with Gasteiger partial charge in [0.25, 0.3) is 5.91 Å². The quantitative estimate of drug-likeness (QED) is 0.821. The van der Waals surface area contributed by atoms with Gasteiger partial charge in [-0.1, -0.05) is 11.8 Å². The van der Waals surface area contributed by atoms with Crippen LogP contribution in [0.1, 0.15) is 20.8 Å². The Labute approximate surface area is 115 Å². The first-order valence-corrected chi connectivity index (χ1v) is 6.59. The summed E-state index contributed by atoms with van der Waals surface area (Å²) in [6.45, 7) is 2.22. The minimum absolute atomic E-state index is 0.200. The van der Waals surface area contributed by atoms with Crippen molar-refractivity contribution in [3.63, 3.8) is 0 Å². The molecule has 0 aliphatic rings. The molecular weight excluding hydrogens is 258 g/mol. The highest BCUT2D eigenvalue weighted by molar-refractivity contribution is 7.12. The molecule has 2 aromatic rings. The van der Waals surface area contributed by atoms with E-state index in [1.54, 1.807) is 6.20 Å². The lowest BCUT2D eigenvalue weighted by Gasteiger charge is -2.03. The molecule has 2 rings (SSSR count). The molecule has 0 unspecified atom stereocenters. The number of aromatic nitrogens is 1. The Morgan fingerprint density at radius 1 is 1.53 bits per heavy atom. The fourth-order valence-corrected chi connectivity index (χ4v) is 2.25. The predicted molar refractivity (Wildman–Crippen MR) is 77.2 cm³/mol. The largest absolute Gasteiger partial charge is 0.320 e. The van der Waals surface area contributed by atoms with Crippen molar-refractivity contribution in [3.8, 4) is 11.8 Å². The van der Waals surface area contributed by atoms with E-state index in [1.807, 2.05) is 30.5 Å². The third-order valence-electron chi connectivity index (χ3n) is 2.35. The van der Waals surface area contributed by atoms with E-state index in [2.05, 4.69) is 22.1 Å². The fraction of sp³-hybridized carbons (Fsp3) is 0.143. The molecule has 0 atom stereocenters. The third-order valence-corrected chi connectivity index (χ3v) is 3.27. The van der Waals surface area contributed by atoms with Crippen molar-refractivity contribution < 1.29 is 4.79 Å². The van der Waals surface area contributed by atoms with Crippen molar-refractivity contribution in [2.75, 3.05) is 11.9 Å². The maximum Gasteiger partial charge on any atom is 0.268 e. The average molecular weight is 271 g/mol. The van der Waals surface area contributed by atoms with Crippen molar-refractivity contribution in [1.29, 1.82) is 0 Å². The summed E-state index contributed by atoms with van der Waals surface area (Å²) in [4.78, 5) is 16.8. The Bertz CT molecular complexity index is 652. The van der Waals surface area contributed by atoms with Crippen LogP contribution >= 0.6 is 11.3 Å². The Balaban J connectivity index is 2.19. The van der Waals surface area contributed by atoms with Crippen molar-refractivity contribution in [3.05, 3.63) is 45.8 Å². The number of carbonyl (C=O) groups excluding carboxylic acids is 1. The second kappa shape index (κ2) is 6.14. The molecule has 2 aromatic heterocycles. The lowest BCUT2D eigenvalue weighted by Crippen LogP contribution is -2.12. The molecule has 0 spiro atoms. The van der Waals surface area contributed by atoms with Crippen LogP contribution in [0.5, 0.6) is 0 Å². The molecule has 1 amide bonds. The highest BCUT2D eigenvalue weighted by Crippen LogP contribution is 2.17. The molecule has 5 heteroatoms. The van der Waals surface area contributed by atoms with Gasteiger partial charge < -0.3 is 11.1 Å². The van der Waals surface area contributed by atoms with Crippen molar-refractivity contribution in [2.45, 2.75) is 6.92 Å². The third kappa shape index (κ3) is 3.41. The first kappa shape index (κ1) is 13.3. The van der Waals surface area contributed by atoms with Crippen LogP contribution in [0.15, 0.2) is 29.8 Å². The normalized spacial score (nSPS) is 9.58. The number of nitrogens with one attached hydrogen (secondary N) is 1. The van der Waals surface area contributed by atoms with E-state index in [0.29, 0.717) is 16.3 Å². The number of nitrogens with zero attached hydrogens (tertiary/aromatic N) is 1. The average Bonchev–Trinajstić information content (AvgIpc) is 2.84. The van der Waals surface area contributed by atoms with Gasteiger partial charge in [0.1, 0.15) is 10.7 Å². The number of thiophene rings is 1. The Kier molecular flexibility index (Phi) is 4.29. The van der Waals surface area contributed by atoms with Gasteiger partial charge in [-0.3, -0.25) is 4.79 Å². The fourth-order valence-electron chi connectivity index (χ4n) is 1.51. The van der Waals surface area contributed by atoms with E-state index in [4.69, 9.17) is 5.73 Å². The van der Waals surface area contributed by atoms with E-state index >= 15 is 0 Å². The van der Waals surface area contributed by atoms with Crippen LogP contribution in [0.2, 0.25) is 0 Å². The molecular formula is C14H13N3OS. The molecule has 0 bridgehead atoms. The molecule has 19 heavy (non-hydrogen) atoms. The zero-order valence-electron chi connectivity index (χ0n) is 10.4. The molecule has 0 saturated heterocycles. The molecule has 0 aromatic carbocycles. The summed E-state index contributed by atoms with van der Waals surface area (Å²) in [6.07, 6.45) is 1.66.